The molecule has 0 aliphatic heterocycles. The van der Waals surface area contributed by atoms with Crippen LogP contribution in [0.15, 0.2) is 135 Å². The summed E-state index contributed by atoms with van der Waals surface area (Å²) in [5.74, 6) is 0. The van der Waals surface area contributed by atoms with Crippen LogP contribution in [0.5, 0.6) is 0 Å². The van der Waals surface area contributed by atoms with Crippen LogP contribution in [0, 0.1) is 13.8 Å². The molecule has 0 atom stereocenters. The van der Waals surface area contributed by atoms with Gasteiger partial charge in [0.25, 0.3) is 0 Å². The zero-order valence-electron chi connectivity index (χ0n) is 26.4. The van der Waals surface area contributed by atoms with Gasteiger partial charge < -0.3 is 0 Å². The lowest BCUT2D eigenvalue weighted by atomic mass is 9.75. The summed E-state index contributed by atoms with van der Waals surface area (Å²) in [6.45, 7) is 21.0. The average molecular weight is 563 g/mol. The lowest BCUT2D eigenvalue weighted by Gasteiger charge is -2.29. The van der Waals surface area contributed by atoms with Gasteiger partial charge in [0.2, 0.25) is 0 Å². The van der Waals surface area contributed by atoms with Gasteiger partial charge >= 0.3 is 0 Å². The Bertz CT molecular complexity index is 1760. The Morgan fingerprint density at radius 3 is 2.21 bits per heavy atom. The highest BCUT2D eigenvalue weighted by Crippen LogP contribution is 2.38. The summed E-state index contributed by atoms with van der Waals surface area (Å²) in [5.41, 5.74) is 13.0. The normalized spacial score (nSPS) is 12.5. The monoisotopic (exact) mass is 562 g/mol. The molecule has 43 heavy (non-hydrogen) atoms. The van der Waals surface area contributed by atoms with Crippen molar-refractivity contribution >= 4 is 11.1 Å². The van der Waals surface area contributed by atoms with E-state index in [-0.39, 0.29) is 5.41 Å². The second-order valence-corrected chi connectivity index (χ2v) is 11.4. The average Bonchev–Trinajstić information content (AvgIpc) is 3.01. The van der Waals surface area contributed by atoms with Gasteiger partial charge in [0.1, 0.15) is 0 Å². The molecule has 4 rings (SSSR count). The lowest BCUT2D eigenvalue weighted by Crippen LogP contribution is -2.22. The number of rotatable bonds is 10. The Balaban J connectivity index is 1.81. The van der Waals surface area contributed by atoms with Crippen molar-refractivity contribution in [1.29, 1.82) is 0 Å². The number of nitrogens with zero attached hydrogens (tertiary/aromatic N) is 2. The number of allylic oxidation sites excluding steroid dienone is 10. The van der Waals surface area contributed by atoms with E-state index in [4.69, 9.17) is 4.98 Å². The number of benzene rings is 2. The number of pyridine rings is 2. The molecule has 0 unspecified atom stereocenters. The molecule has 2 aromatic carbocycles. The third-order valence-electron chi connectivity index (χ3n) is 7.87. The molecule has 0 saturated carbocycles. The summed E-state index contributed by atoms with van der Waals surface area (Å²) < 4.78 is 0. The first-order valence-electron chi connectivity index (χ1n) is 14.8. The first-order valence-corrected chi connectivity index (χ1v) is 14.8. The number of aryl methyl sites for hydroxylation is 2. The molecular formula is C41H42N2. The fraction of sp³-hybridized carbons (Fsp3) is 0.171. The minimum atomic E-state index is -0.185. The van der Waals surface area contributed by atoms with Gasteiger partial charge in [0.15, 0.2) is 0 Å². The van der Waals surface area contributed by atoms with Crippen molar-refractivity contribution in [2.24, 2.45) is 0 Å². The van der Waals surface area contributed by atoms with Gasteiger partial charge in [-0.2, -0.15) is 0 Å². The Morgan fingerprint density at radius 1 is 0.767 bits per heavy atom. The van der Waals surface area contributed by atoms with Crippen LogP contribution in [0.3, 0.4) is 0 Å². The summed E-state index contributed by atoms with van der Waals surface area (Å²) in [6, 6.07) is 24.1. The van der Waals surface area contributed by atoms with Crippen LogP contribution in [-0.4, -0.2) is 9.97 Å². The predicted molar refractivity (Wildman–Crippen MR) is 187 cm³/mol. The van der Waals surface area contributed by atoms with E-state index in [1.807, 2.05) is 55.6 Å². The molecule has 2 nitrogen and oxygen atoms in total. The van der Waals surface area contributed by atoms with Gasteiger partial charge in [0, 0.05) is 17.3 Å². The highest BCUT2D eigenvalue weighted by atomic mass is 14.7. The van der Waals surface area contributed by atoms with E-state index >= 15 is 0 Å². The largest absolute Gasteiger partial charge is 0.261 e. The van der Waals surface area contributed by atoms with Crippen LogP contribution in [0.4, 0.5) is 0 Å². The van der Waals surface area contributed by atoms with Gasteiger partial charge in [-0.25, -0.2) is 4.98 Å². The van der Waals surface area contributed by atoms with Gasteiger partial charge in [-0.1, -0.05) is 118 Å². The van der Waals surface area contributed by atoms with Gasteiger partial charge in [-0.3, -0.25) is 4.98 Å². The van der Waals surface area contributed by atoms with Crippen LogP contribution >= 0.6 is 0 Å². The van der Waals surface area contributed by atoms with E-state index in [0.29, 0.717) is 0 Å². The third kappa shape index (κ3) is 7.34. The second kappa shape index (κ2) is 13.9. The number of hydrogen-bond acceptors (Lipinski definition) is 2. The zero-order valence-corrected chi connectivity index (χ0v) is 26.4. The molecule has 0 radical (unpaired) electrons. The Kier molecular flexibility index (Phi) is 10.1. The Labute approximate surface area is 258 Å². The zero-order chi connectivity index (χ0) is 31.0. The van der Waals surface area contributed by atoms with Crippen molar-refractivity contribution in [2.45, 2.75) is 47.0 Å². The van der Waals surface area contributed by atoms with Crippen molar-refractivity contribution in [1.82, 2.24) is 9.97 Å². The minimum Gasteiger partial charge on any atom is -0.261 e. The highest BCUT2D eigenvalue weighted by Gasteiger charge is 2.27. The maximum atomic E-state index is 4.97. The van der Waals surface area contributed by atoms with Gasteiger partial charge in [0.05, 0.1) is 11.4 Å². The van der Waals surface area contributed by atoms with Crippen molar-refractivity contribution in [3.8, 4) is 22.3 Å². The van der Waals surface area contributed by atoms with Crippen LogP contribution in [-0.2, 0) is 5.41 Å². The first-order chi connectivity index (χ1) is 20.6. The maximum absolute atomic E-state index is 4.97. The van der Waals surface area contributed by atoms with E-state index in [1.165, 1.54) is 27.8 Å². The van der Waals surface area contributed by atoms with Crippen LogP contribution in [0.2, 0.25) is 0 Å². The molecule has 0 saturated heterocycles. The smallest absolute Gasteiger partial charge is 0.0709 e. The third-order valence-corrected chi connectivity index (χ3v) is 7.87. The van der Waals surface area contributed by atoms with Crippen molar-refractivity contribution in [3.05, 3.63) is 168 Å². The Hall–Kier alpha value is -4.82. The highest BCUT2D eigenvalue weighted by molar-refractivity contribution is 5.80. The molecule has 0 fully saturated rings. The molecule has 0 aliphatic carbocycles. The lowest BCUT2D eigenvalue weighted by molar-refractivity contribution is 0.627. The summed E-state index contributed by atoms with van der Waals surface area (Å²) >= 11 is 0. The topological polar surface area (TPSA) is 25.8 Å². The Morgan fingerprint density at radius 2 is 1.49 bits per heavy atom. The molecule has 2 aromatic heterocycles. The molecule has 0 N–H and O–H groups in total. The minimum absolute atomic E-state index is 0.185. The standard InChI is InChI=1S/C41H42N2/c1-9-11-13-17-30(4)39-27-36(28-40(43-39)31(5)18-14-12-10-2)34-20-15-19-33(25-34)35-23-22-29(3)38(26-35)41(7,8)37-21-16-24-42-32(37)6/h9-28H,1,5H2,2-4,6-8H3/b12-10-,13-11-,18-14-,30-17+. The fourth-order valence-corrected chi connectivity index (χ4v) is 5.44. The molecule has 0 amide bonds. The van der Waals surface area contributed by atoms with E-state index in [2.05, 4.69) is 120 Å². The van der Waals surface area contributed by atoms with Crippen molar-refractivity contribution in [3.63, 3.8) is 0 Å². The molecule has 2 heterocycles. The molecule has 0 spiro atoms. The molecule has 2 heteroatoms. The number of aromatic nitrogens is 2. The summed E-state index contributed by atoms with van der Waals surface area (Å²) in [6.07, 6.45) is 17.6. The second-order valence-electron chi connectivity index (χ2n) is 11.4. The molecular weight excluding hydrogens is 520 g/mol. The maximum Gasteiger partial charge on any atom is 0.0709 e. The molecule has 0 aliphatic rings. The van der Waals surface area contributed by atoms with Crippen LogP contribution in [0.1, 0.15) is 61.5 Å². The first kappa shape index (κ1) is 31.1. The summed E-state index contributed by atoms with van der Waals surface area (Å²) in [4.78, 5) is 9.55. The molecule has 216 valence electrons. The van der Waals surface area contributed by atoms with E-state index in [9.17, 15) is 0 Å². The summed E-state index contributed by atoms with van der Waals surface area (Å²) in [7, 11) is 0. The number of hydrogen-bond donors (Lipinski definition) is 0. The van der Waals surface area contributed by atoms with Crippen LogP contribution in [0.25, 0.3) is 33.4 Å². The SMILES string of the molecule is C=C/C=C\C=C(/C)c1cc(-c2cccc(-c3ccc(C)c(C(C)(C)c4cccnc4C)c3)c2)cc(C(=C)/C=C\C=C/C)n1. The van der Waals surface area contributed by atoms with Gasteiger partial charge in [-0.05, 0) is 102 Å². The molecule has 0 bridgehead atoms. The quantitative estimate of drug-likeness (QED) is 0.180. The molecule has 4 aromatic rings. The van der Waals surface area contributed by atoms with E-state index in [1.54, 1.807) is 6.08 Å². The van der Waals surface area contributed by atoms with Crippen LogP contribution < -0.4 is 0 Å². The summed E-state index contributed by atoms with van der Waals surface area (Å²) in [5, 5.41) is 0. The fourth-order valence-electron chi connectivity index (χ4n) is 5.44. The van der Waals surface area contributed by atoms with Crippen molar-refractivity contribution < 1.29 is 0 Å². The van der Waals surface area contributed by atoms with E-state index < -0.39 is 0 Å². The van der Waals surface area contributed by atoms with E-state index in [0.717, 1.165) is 39.4 Å². The van der Waals surface area contributed by atoms with Crippen molar-refractivity contribution in [2.75, 3.05) is 0 Å². The van der Waals surface area contributed by atoms with Gasteiger partial charge in [-0.15, -0.1) is 0 Å². The predicted octanol–water partition coefficient (Wildman–Crippen LogP) is 11.0.